The molecule has 5 nitrogen and oxygen atoms in total. The van der Waals surface area contributed by atoms with Gasteiger partial charge >= 0.3 is 0 Å². The first-order valence-corrected chi connectivity index (χ1v) is 8.90. The minimum absolute atomic E-state index is 0.777. The summed E-state index contributed by atoms with van der Waals surface area (Å²) in [5.41, 5.74) is 3.86. The van der Waals surface area contributed by atoms with Crippen LogP contribution in [-0.4, -0.2) is 38.7 Å². The molecule has 3 rings (SSSR count). The second kappa shape index (κ2) is 7.57. The molecule has 0 saturated heterocycles. The van der Waals surface area contributed by atoms with Gasteiger partial charge in [0.1, 0.15) is 0 Å². The molecular weight excluding hydrogens is 322 g/mol. The Balaban J connectivity index is 1.73. The summed E-state index contributed by atoms with van der Waals surface area (Å²) in [6.07, 6.45) is 0.967. The first kappa shape index (κ1) is 16.6. The van der Waals surface area contributed by atoms with Crippen LogP contribution >= 0.6 is 11.3 Å². The van der Waals surface area contributed by atoms with E-state index in [1.54, 1.807) is 25.6 Å². The molecule has 1 aromatic carbocycles. The van der Waals surface area contributed by atoms with Crippen molar-refractivity contribution in [2.45, 2.75) is 19.5 Å². The number of guanidine groups is 1. The van der Waals surface area contributed by atoms with Gasteiger partial charge in [-0.25, -0.2) is 0 Å². The molecule has 0 radical (unpaired) electrons. The fourth-order valence-corrected chi connectivity index (χ4v) is 3.64. The van der Waals surface area contributed by atoms with Crippen molar-refractivity contribution >= 4 is 17.3 Å². The summed E-state index contributed by atoms with van der Waals surface area (Å²) >= 11 is 1.71. The van der Waals surface area contributed by atoms with E-state index < -0.39 is 0 Å². The SMILES string of the molecule is CN=C(NCc1ccsc1)N1CCc2cc(OC)c(OC)cc2C1. The predicted octanol–water partition coefficient (Wildman–Crippen LogP) is 2.90. The maximum atomic E-state index is 5.43. The Hall–Kier alpha value is -2.21. The molecule has 6 heteroatoms. The van der Waals surface area contributed by atoms with Crippen LogP contribution in [0, 0.1) is 0 Å². The summed E-state index contributed by atoms with van der Waals surface area (Å²) in [6.45, 7) is 2.55. The van der Waals surface area contributed by atoms with Gasteiger partial charge in [0, 0.05) is 26.7 Å². The van der Waals surface area contributed by atoms with E-state index in [2.05, 4.69) is 44.2 Å². The smallest absolute Gasteiger partial charge is 0.194 e. The first-order chi connectivity index (χ1) is 11.7. The molecule has 0 unspecified atom stereocenters. The van der Waals surface area contributed by atoms with Crippen molar-refractivity contribution in [2.24, 2.45) is 4.99 Å². The minimum Gasteiger partial charge on any atom is -0.493 e. The lowest BCUT2D eigenvalue weighted by Gasteiger charge is -2.32. The van der Waals surface area contributed by atoms with Gasteiger partial charge in [0.15, 0.2) is 17.5 Å². The van der Waals surface area contributed by atoms with Gasteiger partial charge < -0.3 is 19.7 Å². The molecule has 2 aromatic rings. The number of hydrogen-bond acceptors (Lipinski definition) is 4. The lowest BCUT2D eigenvalue weighted by molar-refractivity contribution is 0.346. The molecule has 0 spiro atoms. The Morgan fingerprint density at radius 1 is 1.25 bits per heavy atom. The highest BCUT2D eigenvalue weighted by Crippen LogP contribution is 2.33. The summed E-state index contributed by atoms with van der Waals surface area (Å²) in [6, 6.07) is 6.30. The Bertz CT molecular complexity index is 713. The molecule has 24 heavy (non-hydrogen) atoms. The highest BCUT2D eigenvalue weighted by molar-refractivity contribution is 7.07. The average Bonchev–Trinajstić information content (AvgIpc) is 3.14. The van der Waals surface area contributed by atoms with Crippen LogP contribution in [0.2, 0.25) is 0 Å². The third kappa shape index (κ3) is 3.48. The number of nitrogens with zero attached hydrogens (tertiary/aromatic N) is 2. The quantitative estimate of drug-likeness (QED) is 0.684. The van der Waals surface area contributed by atoms with Gasteiger partial charge in [0.05, 0.1) is 14.2 Å². The number of rotatable bonds is 4. The molecule has 0 amide bonds. The normalized spacial score (nSPS) is 14.3. The van der Waals surface area contributed by atoms with Gasteiger partial charge in [-0.3, -0.25) is 4.99 Å². The lowest BCUT2D eigenvalue weighted by Crippen LogP contribution is -2.43. The molecule has 0 aliphatic carbocycles. The summed E-state index contributed by atoms with van der Waals surface area (Å²) in [4.78, 5) is 6.72. The van der Waals surface area contributed by atoms with E-state index in [4.69, 9.17) is 9.47 Å². The van der Waals surface area contributed by atoms with E-state index in [1.807, 2.05) is 7.05 Å². The highest BCUT2D eigenvalue weighted by atomic mass is 32.1. The number of benzene rings is 1. The van der Waals surface area contributed by atoms with Crippen LogP contribution in [0.1, 0.15) is 16.7 Å². The maximum absolute atomic E-state index is 5.43. The van der Waals surface area contributed by atoms with Crippen molar-refractivity contribution in [2.75, 3.05) is 27.8 Å². The Morgan fingerprint density at radius 3 is 2.62 bits per heavy atom. The maximum Gasteiger partial charge on any atom is 0.194 e. The fourth-order valence-electron chi connectivity index (χ4n) is 2.97. The van der Waals surface area contributed by atoms with Crippen molar-refractivity contribution in [3.63, 3.8) is 0 Å². The van der Waals surface area contributed by atoms with Crippen LogP contribution in [0.3, 0.4) is 0 Å². The standard InChI is InChI=1S/C18H23N3O2S/c1-19-18(20-10-13-5-7-24-12-13)21-6-4-14-8-16(22-2)17(23-3)9-15(14)11-21/h5,7-9,12H,4,6,10-11H2,1-3H3,(H,19,20). The molecule has 1 aliphatic rings. The van der Waals surface area contributed by atoms with Gasteiger partial charge in [-0.2, -0.15) is 11.3 Å². The number of aliphatic imine (C=N–C) groups is 1. The lowest BCUT2D eigenvalue weighted by atomic mass is 9.99. The van der Waals surface area contributed by atoms with E-state index >= 15 is 0 Å². The number of nitrogens with one attached hydrogen (secondary N) is 1. The highest BCUT2D eigenvalue weighted by Gasteiger charge is 2.21. The van der Waals surface area contributed by atoms with Crippen LogP contribution in [0.5, 0.6) is 11.5 Å². The van der Waals surface area contributed by atoms with E-state index in [9.17, 15) is 0 Å². The molecule has 128 valence electrons. The van der Waals surface area contributed by atoms with Gasteiger partial charge in [-0.1, -0.05) is 0 Å². The largest absolute Gasteiger partial charge is 0.493 e. The first-order valence-electron chi connectivity index (χ1n) is 7.95. The van der Waals surface area contributed by atoms with Gasteiger partial charge in [-0.05, 0) is 52.1 Å². The molecule has 1 aliphatic heterocycles. The van der Waals surface area contributed by atoms with Crippen molar-refractivity contribution < 1.29 is 9.47 Å². The average molecular weight is 345 g/mol. The second-order valence-electron chi connectivity index (χ2n) is 5.68. The number of fused-ring (bicyclic) bond motifs is 1. The zero-order valence-corrected chi connectivity index (χ0v) is 15.2. The third-order valence-electron chi connectivity index (χ3n) is 4.26. The van der Waals surface area contributed by atoms with Crippen molar-refractivity contribution in [3.8, 4) is 11.5 Å². The Kier molecular flexibility index (Phi) is 5.25. The van der Waals surface area contributed by atoms with Crippen LogP contribution < -0.4 is 14.8 Å². The minimum atomic E-state index is 0.777. The van der Waals surface area contributed by atoms with Gasteiger partial charge in [0.2, 0.25) is 0 Å². The Labute approximate surface area is 146 Å². The summed E-state index contributed by atoms with van der Waals surface area (Å²) < 4.78 is 10.8. The van der Waals surface area contributed by atoms with Gasteiger partial charge in [0.25, 0.3) is 0 Å². The molecular formula is C18H23N3O2S. The van der Waals surface area contributed by atoms with E-state index in [1.165, 1.54) is 16.7 Å². The molecule has 1 N–H and O–H groups in total. The molecule has 0 fully saturated rings. The fraction of sp³-hybridized carbons (Fsp3) is 0.389. The summed E-state index contributed by atoms with van der Waals surface area (Å²) in [7, 11) is 5.18. The second-order valence-corrected chi connectivity index (χ2v) is 6.46. The van der Waals surface area contributed by atoms with E-state index in [0.717, 1.165) is 43.5 Å². The monoisotopic (exact) mass is 345 g/mol. The molecule has 0 atom stereocenters. The number of thiophene rings is 1. The molecule has 2 heterocycles. The predicted molar refractivity (Wildman–Crippen MR) is 98.2 cm³/mol. The number of hydrogen-bond donors (Lipinski definition) is 1. The molecule has 0 saturated carbocycles. The van der Waals surface area contributed by atoms with Crippen LogP contribution in [-0.2, 0) is 19.5 Å². The Morgan fingerprint density at radius 2 is 2.00 bits per heavy atom. The zero-order valence-electron chi connectivity index (χ0n) is 14.3. The van der Waals surface area contributed by atoms with Crippen LogP contribution in [0.25, 0.3) is 0 Å². The zero-order chi connectivity index (χ0) is 16.9. The van der Waals surface area contributed by atoms with Crippen LogP contribution in [0.4, 0.5) is 0 Å². The topological polar surface area (TPSA) is 46.1 Å². The van der Waals surface area contributed by atoms with Crippen molar-refractivity contribution in [1.82, 2.24) is 10.2 Å². The summed E-state index contributed by atoms with van der Waals surface area (Å²) in [5.74, 6) is 2.51. The van der Waals surface area contributed by atoms with E-state index in [-0.39, 0.29) is 0 Å². The van der Waals surface area contributed by atoms with Crippen molar-refractivity contribution in [1.29, 1.82) is 0 Å². The van der Waals surface area contributed by atoms with Crippen molar-refractivity contribution in [3.05, 3.63) is 45.6 Å². The van der Waals surface area contributed by atoms with E-state index in [0.29, 0.717) is 0 Å². The number of ether oxygens (including phenoxy) is 2. The van der Waals surface area contributed by atoms with Crippen LogP contribution in [0.15, 0.2) is 34.0 Å². The molecule has 1 aromatic heterocycles. The number of methoxy groups -OCH3 is 2. The molecule has 0 bridgehead atoms. The van der Waals surface area contributed by atoms with Gasteiger partial charge in [-0.15, -0.1) is 0 Å². The summed E-state index contributed by atoms with van der Waals surface area (Å²) in [5, 5.41) is 7.70. The third-order valence-corrected chi connectivity index (χ3v) is 4.99.